The minimum Gasteiger partial charge on any atom is -0.456 e. The van der Waals surface area contributed by atoms with E-state index in [-0.39, 0.29) is 31.5 Å². The van der Waals surface area contributed by atoms with Crippen LogP contribution in [0.1, 0.15) is 303 Å². The molecule has 0 bridgehead atoms. The van der Waals surface area contributed by atoms with Crippen molar-refractivity contribution in [3.8, 4) is 0 Å². The minimum absolute atomic E-state index is 0.0370. The third-order valence-electron chi connectivity index (χ3n) is 14.4. The maximum absolute atomic E-state index is 13.5. The highest BCUT2D eigenvalue weighted by Gasteiger charge is 2.30. The summed E-state index contributed by atoms with van der Waals surface area (Å²) < 4.78 is 30.7. The lowest BCUT2D eigenvalue weighted by atomic mass is 10.0. The molecule has 0 aromatic heterocycles. The predicted molar refractivity (Wildman–Crippen MR) is 332 cm³/mol. The quantitative estimate of drug-likeness (QED) is 0.0205. The third kappa shape index (κ3) is 58.2. The van der Waals surface area contributed by atoms with Gasteiger partial charge in [0, 0.05) is 12.8 Å². The molecule has 0 saturated carbocycles. The lowest BCUT2D eigenvalue weighted by molar-refractivity contribution is -0.870. The average Bonchev–Trinajstić information content (AvgIpc) is 3.39. The number of nitrogens with one attached hydrogen (secondary N) is 1. The van der Waals surface area contributed by atoms with E-state index in [4.69, 9.17) is 13.8 Å². The summed E-state index contributed by atoms with van der Waals surface area (Å²) in [7, 11) is 1.49. The van der Waals surface area contributed by atoms with E-state index in [1.807, 2.05) is 33.3 Å². The molecule has 0 rings (SSSR count). The number of hydrogen-bond donors (Lipinski definition) is 2. The highest BCUT2D eigenvalue weighted by molar-refractivity contribution is 7.47. The van der Waals surface area contributed by atoms with Crippen LogP contribution in [-0.2, 0) is 27.9 Å². The SMILES string of the molecule is CCCCC/C=C\C/C=C\C/C=C\CCCCCCCCCCCCCCC(=O)OC(/C=C\CCCCCCCCCCCCC)C(COP(=O)(O)OCC[N+](C)(C)C)NC(=O)CCCCC/C=C\CCCCCCCC. The zero-order valence-electron chi connectivity index (χ0n) is 51.5. The first kappa shape index (κ1) is 74.7. The van der Waals surface area contributed by atoms with Crippen LogP contribution in [0.3, 0.4) is 0 Å². The number of rotatable bonds is 59. The number of amides is 1. The van der Waals surface area contributed by atoms with E-state index in [1.54, 1.807) is 0 Å². The maximum Gasteiger partial charge on any atom is 0.472 e. The molecular formula is C67H126N2O7P+. The monoisotopic (exact) mass is 1100 g/mol. The first-order chi connectivity index (χ1) is 37.4. The summed E-state index contributed by atoms with van der Waals surface area (Å²) in [6.45, 7) is 6.99. The van der Waals surface area contributed by atoms with Crippen molar-refractivity contribution in [1.29, 1.82) is 0 Å². The van der Waals surface area contributed by atoms with Crippen molar-refractivity contribution in [2.45, 2.75) is 315 Å². The van der Waals surface area contributed by atoms with Gasteiger partial charge in [0.1, 0.15) is 19.3 Å². The molecule has 0 heterocycles. The van der Waals surface area contributed by atoms with E-state index in [1.165, 1.54) is 186 Å². The predicted octanol–water partition coefficient (Wildman–Crippen LogP) is 20.2. The van der Waals surface area contributed by atoms with Crippen LogP contribution in [0.15, 0.2) is 60.8 Å². The van der Waals surface area contributed by atoms with Gasteiger partial charge in [-0.25, -0.2) is 4.57 Å². The normalized spacial score (nSPS) is 14.0. The zero-order chi connectivity index (χ0) is 56.4. The van der Waals surface area contributed by atoms with Gasteiger partial charge in [-0.15, -0.1) is 0 Å². The van der Waals surface area contributed by atoms with E-state index in [9.17, 15) is 19.0 Å². The largest absolute Gasteiger partial charge is 0.472 e. The molecule has 0 aliphatic carbocycles. The molecule has 77 heavy (non-hydrogen) atoms. The van der Waals surface area contributed by atoms with Crippen LogP contribution < -0.4 is 5.32 Å². The van der Waals surface area contributed by atoms with E-state index in [2.05, 4.69) is 74.7 Å². The van der Waals surface area contributed by atoms with Gasteiger partial charge in [-0.05, 0) is 96.0 Å². The van der Waals surface area contributed by atoms with Gasteiger partial charge in [0.25, 0.3) is 0 Å². The third-order valence-corrected chi connectivity index (χ3v) is 15.4. The zero-order valence-corrected chi connectivity index (χ0v) is 52.3. The van der Waals surface area contributed by atoms with Crippen LogP contribution in [0.5, 0.6) is 0 Å². The van der Waals surface area contributed by atoms with Crippen molar-refractivity contribution in [1.82, 2.24) is 5.32 Å². The van der Waals surface area contributed by atoms with E-state index in [0.717, 1.165) is 83.5 Å². The molecule has 0 aliphatic rings. The molecule has 0 aromatic carbocycles. The molecule has 0 spiro atoms. The van der Waals surface area contributed by atoms with E-state index < -0.39 is 20.0 Å². The summed E-state index contributed by atoms with van der Waals surface area (Å²) in [6.07, 6.45) is 72.2. The molecule has 1 amide bonds. The summed E-state index contributed by atoms with van der Waals surface area (Å²) >= 11 is 0. The van der Waals surface area contributed by atoms with Gasteiger partial charge < -0.3 is 19.4 Å². The molecule has 450 valence electrons. The lowest BCUT2D eigenvalue weighted by Gasteiger charge is -2.27. The molecule has 9 nitrogen and oxygen atoms in total. The average molecular weight is 1100 g/mol. The molecule has 3 unspecified atom stereocenters. The molecule has 3 atom stereocenters. The van der Waals surface area contributed by atoms with Crippen LogP contribution in [-0.4, -0.2) is 74.3 Å². The van der Waals surface area contributed by atoms with E-state index in [0.29, 0.717) is 17.4 Å². The topological polar surface area (TPSA) is 111 Å². The Bertz CT molecular complexity index is 1500. The minimum atomic E-state index is -4.45. The Kier molecular flexibility index (Phi) is 55.3. The van der Waals surface area contributed by atoms with Gasteiger partial charge in [0.05, 0.1) is 33.8 Å². The lowest BCUT2D eigenvalue weighted by Crippen LogP contribution is -2.47. The van der Waals surface area contributed by atoms with Gasteiger partial charge in [-0.1, -0.05) is 255 Å². The summed E-state index contributed by atoms with van der Waals surface area (Å²) in [6, 6.07) is -0.857. The fraction of sp³-hybridized carbons (Fsp3) is 0.821. The number of likely N-dealkylation sites (N-methyl/N-ethyl adjacent to an activating group) is 1. The van der Waals surface area contributed by atoms with Gasteiger partial charge in [-0.2, -0.15) is 0 Å². The van der Waals surface area contributed by atoms with Crippen LogP contribution in [0, 0.1) is 0 Å². The standard InChI is InChI=1S/C67H125N2O7P/c1-7-10-13-16-19-22-25-28-29-30-31-32-33-34-35-36-37-38-39-42-45-48-51-54-57-60-67(71)76-65(58-55-52-49-46-43-40-26-23-20-17-14-11-8-2)64(63-75-77(72,73)74-62-61-69(4,5)6)68-66(70)59-56-53-50-47-44-41-27-24-21-18-15-12-9-3/h19,22,28-29,31-32,41,44,55,58,64-65H,7-18,20-21,23-27,30,33-40,42-43,45-54,56-57,59-63H2,1-6H3,(H-,68,70,72,73)/p+1/b22-19-,29-28-,32-31-,44-41-,58-55-. The molecular weight excluding hydrogens is 976 g/mol. The second-order valence-corrected chi connectivity index (χ2v) is 24.7. The number of phosphoric ester groups is 1. The summed E-state index contributed by atoms with van der Waals surface area (Å²) in [5.74, 6) is -0.518. The summed E-state index contributed by atoms with van der Waals surface area (Å²) in [5, 5.41) is 3.05. The number of allylic oxidation sites excluding steroid dienone is 9. The first-order valence-electron chi connectivity index (χ1n) is 32.6. The number of phosphoric acid groups is 1. The number of carbonyl (C=O) groups excluding carboxylic acids is 2. The highest BCUT2D eigenvalue weighted by Crippen LogP contribution is 2.43. The van der Waals surface area contributed by atoms with Crippen molar-refractivity contribution < 1.29 is 37.3 Å². The first-order valence-corrected chi connectivity index (χ1v) is 34.1. The van der Waals surface area contributed by atoms with Crippen LogP contribution >= 0.6 is 7.82 Å². The summed E-state index contributed by atoms with van der Waals surface area (Å²) in [4.78, 5) is 37.7. The highest BCUT2D eigenvalue weighted by atomic mass is 31.2. The number of hydrogen-bond acceptors (Lipinski definition) is 6. The fourth-order valence-corrected chi connectivity index (χ4v) is 10.1. The van der Waals surface area contributed by atoms with Crippen molar-refractivity contribution in [2.75, 3.05) is 40.9 Å². The Morgan fingerprint density at radius 1 is 0.455 bits per heavy atom. The van der Waals surface area contributed by atoms with Crippen LogP contribution in [0.2, 0.25) is 0 Å². The smallest absolute Gasteiger partial charge is 0.456 e. The molecule has 0 aromatic rings. The van der Waals surface area contributed by atoms with E-state index >= 15 is 0 Å². The second kappa shape index (κ2) is 57.0. The van der Waals surface area contributed by atoms with Crippen molar-refractivity contribution in [2.24, 2.45) is 0 Å². The number of quaternary nitrogens is 1. The molecule has 2 N–H and O–H groups in total. The Balaban J connectivity index is 5.13. The Hall–Kier alpha value is -2.29. The number of ether oxygens (including phenoxy) is 1. The number of carbonyl (C=O) groups is 2. The number of unbranched alkanes of at least 4 members (excludes halogenated alkanes) is 35. The van der Waals surface area contributed by atoms with Crippen LogP contribution in [0.25, 0.3) is 0 Å². The van der Waals surface area contributed by atoms with Gasteiger partial charge in [0.15, 0.2) is 0 Å². The molecule has 10 heteroatoms. The molecule has 0 fully saturated rings. The Morgan fingerprint density at radius 2 is 0.792 bits per heavy atom. The van der Waals surface area contributed by atoms with Crippen molar-refractivity contribution in [3.05, 3.63) is 60.8 Å². The molecule has 0 saturated heterocycles. The molecule has 0 aliphatic heterocycles. The Labute approximate surface area is 477 Å². The van der Waals surface area contributed by atoms with Gasteiger partial charge >= 0.3 is 13.8 Å². The number of nitrogens with zero attached hydrogens (tertiary/aromatic N) is 1. The van der Waals surface area contributed by atoms with Gasteiger partial charge in [0.2, 0.25) is 5.91 Å². The fourth-order valence-electron chi connectivity index (χ4n) is 9.35. The molecule has 0 radical (unpaired) electrons. The second-order valence-electron chi connectivity index (χ2n) is 23.3. The van der Waals surface area contributed by atoms with Crippen molar-refractivity contribution in [3.63, 3.8) is 0 Å². The maximum atomic E-state index is 13.5. The van der Waals surface area contributed by atoms with Crippen molar-refractivity contribution >= 4 is 19.7 Å². The Morgan fingerprint density at radius 3 is 1.23 bits per heavy atom. The van der Waals surface area contributed by atoms with Crippen LogP contribution in [0.4, 0.5) is 0 Å². The summed E-state index contributed by atoms with van der Waals surface area (Å²) in [5.41, 5.74) is 0. The van der Waals surface area contributed by atoms with Gasteiger partial charge in [-0.3, -0.25) is 18.6 Å². The number of esters is 1.